The van der Waals surface area contributed by atoms with Crippen LogP contribution in [0.4, 0.5) is 5.82 Å². The van der Waals surface area contributed by atoms with Crippen molar-refractivity contribution in [1.29, 1.82) is 0 Å². The molecule has 0 atom stereocenters. The molecule has 6 heteroatoms. The monoisotopic (exact) mass is 300 g/mol. The number of nitrogens with zero attached hydrogens (tertiary/aromatic N) is 3. The fourth-order valence-electron chi connectivity index (χ4n) is 1.35. The molecule has 2 rings (SSSR count). The maximum atomic E-state index is 5.95. The normalized spacial score (nSPS) is 10.7. The standard InChI is InChI=1S/C10H10BrClN4/c1-6-9(12)10(13)16(15-6)5-8-3-2-7(11)4-14-8/h2-4H,5,13H2,1H3. The first-order chi connectivity index (χ1) is 7.58. The zero-order valence-corrected chi connectivity index (χ0v) is 11.0. The lowest BCUT2D eigenvalue weighted by Crippen LogP contribution is -2.07. The first-order valence-corrected chi connectivity index (χ1v) is 5.84. The third-order valence-electron chi connectivity index (χ3n) is 2.19. The molecule has 2 N–H and O–H groups in total. The van der Waals surface area contributed by atoms with Crippen LogP contribution in [0.3, 0.4) is 0 Å². The lowest BCUT2D eigenvalue weighted by molar-refractivity contribution is 0.675. The molecule has 16 heavy (non-hydrogen) atoms. The fourth-order valence-corrected chi connectivity index (χ4v) is 1.72. The second-order valence-corrected chi connectivity index (χ2v) is 4.70. The Morgan fingerprint density at radius 2 is 2.25 bits per heavy atom. The van der Waals surface area contributed by atoms with Gasteiger partial charge in [-0.3, -0.25) is 4.98 Å². The summed E-state index contributed by atoms with van der Waals surface area (Å²) in [5.74, 6) is 0.476. The molecule has 0 aliphatic rings. The first kappa shape index (κ1) is 11.4. The van der Waals surface area contributed by atoms with Crippen molar-refractivity contribution in [1.82, 2.24) is 14.8 Å². The maximum Gasteiger partial charge on any atom is 0.141 e. The summed E-state index contributed by atoms with van der Waals surface area (Å²) in [7, 11) is 0. The zero-order chi connectivity index (χ0) is 11.7. The number of aryl methyl sites for hydroxylation is 1. The predicted octanol–water partition coefficient (Wildman–Crippen LogP) is 2.63. The highest BCUT2D eigenvalue weighted by Crippen LogP contribution is 2.22. The van der Waals surface area contributed by atoms with Crippen molar-refractivity contribution in [2.24, 2.45) is 0 Å². The van der Waals surface area contributed by atoms with Crippen LogP contribution in [-0.4, -0.2) is 14.8 Å². The van der Waals surface area contributed by atoms with Gasteiger partial charge < -0.3 is 5.73 Å². The van der Waals surface area contributed by atoms with Crippen molar-refractivity contribution in [2.45, 2.75) is 13.5 Å². The SMILES string of the molecule is Cc1nn(Cc2ccc(Br)cn2)c(N)c1Cl. The van der Waals surface area contributed by atoms with E-state index >= 15 is 0 Å². The minimum Gasteiger partial charge on any atom is -0.383 e. The van der Waals surface area contributed by atoms with E-state index in [1.165, 1.54) is 0 Å². The summed E-state index contributed by atoms with van der Waals surface area (Å²) in [6.45, 7) is 2.34. The van der Waals surface area contributed by atoms with Gasteiger partial charge in [0.15, 0.2) is 0 Å². The third-order valence-corrected chi connectivity index (χ3v) is 3.13. The molecular formula is C10H10BrClN4. The zero-order valence-electron chi connectivity index (χ0n) is 8.61. The highest BCUT2D eigenvalue weighted by Gasteiger charge is 2.10. The van der Waals surface area contributed by atoms with Gasteiger partial charge in [0.1, 0.15) is 10.8 Å². The van der Waals surface area contributed by atoms with Crippen molar-refractivity contribution < 1.29 is 0 Å². The summed E-state index contributed by atoms with van der Waals surface area (Å²) < 4.78 is 2.59. The molecule has 84 valence electrons. The number of rotatable bonds is 2. The Kier molecular flexibility index (Phi) is 3.16. The molecule has 4 nitrogen and oxygen atoms in total. The molecule has 0 bridgehead atoms. The Labute approximate surface area is 107 Å². The Hall–Kier alpha value is -1.07. The predicted molar refractivity (Wildman–Crippen MR) is 67.4 cm³/mol. The molecule has 0 unspecified atom stereocenters. The first-order valence-electron chi connectivity index (χ1n) is 4.66. The van der Waals surface area contributed by atoms with Gasteiger partial charge in [-0.1, -0.05) is 11.6 Å². The van der Waals surface area contributed by atoms with Gasteiger partial charge in [0.05, 0.1) is 17.9 Å². The van der Waals surface area contributed by atoms with Gasteiger partial charge in [-0.25, -0.2) is 4.68 Å². The molecule has 0 saturated heterocycles. The van der Waals surface area contributed by atoms with Gasteiger partial charge in [0.25, 0.3) is 0 Å². The van der Waals surface area contributed by atoms with Crippen molar-refractivity contribution in [3.63, 3.8) is 0 Å². The number of pyridine rings is 1. The fraction of sp³-hybridized carbons (Fsp3) is 0.200. The van der Waals surface area contributed by atoms with Crippen LogP contribution in [0, 0.1) is 6.92 Å². The number of nitrogen functional groups attached to an aromatic ring is 1. The van der Waals surface area contributed by atoms with Gasteiger partial charge in [-0.05, 0) is 35.0 Å². The highest BCUT2D eigenvalue weighted by molar-refractivity contribution is 9.10. The molecule has 0 aliphatic carbocycles. The summed E-state index contributed by atoms with van der Waals surface area (Å²) in [6, 6.07) is 3.84. The van der Waals surface area contributed by atoms with Gasteiger partial charge in [0.2, 0.25) is 0 Å². The number of nitrogens with two attached hydrogens (primary N) is 1. The molecule has 0 saturated carbocycles. The van der Waals surface area contributed by atoms with Crippen LogP contribution in [0.15, 0.2) is 22.8 Å². The van der Waals surface area contributed by atoms with Gasteiger partial charge in [-0.15, -0.1) is 0 Å². The van der Waals surface area contributed by atoms with E-state index in [4.69, 9.17) is 17.3 Å². The third kappa shape index (κ3) is 2.20. The van der Waals surface area contributed by atoms with E-state index in [1.54, 1.807) is 10.9 Å². The Morgan fingerprint density at radius 1 is 1.50 bits per heavy atom. The van der Waals surface area contributed by atoms with Gasteiger partial charge in [0, 0.05) is 10.7 Å². The average Bonchev–Trinajstić information content (AvgIpc) is 2.50. The van der Waals surface area contributed by atoms with E-state index < -0.39 is 0 Å². The second kappa shape index (κ2) is 4.43. The maximum absolute atomic E-state index is 5.95. The lowest BCUT2D eigenvalue weighted by atomic mass is 10.3. The highest BCUT2D eigenvalue weighted by atomic mass is 79.9. The van der Waals surface area contributed by atoms with Crippen molar-refractivity contribution in [3.8, 4) is 0 Å². The Bertz CT molecular complexity index is 506. The smallest absolute Gasteiger partial charge is 0.141 e. The molecule has 2 aromatic heterocycles. The number of aromatic nitrogens is 3. The van der Waals surface area contributed by atoms with E-state index in [-0.39, 0.29) is 0 Å². The lowest BCUT2D eigenvalue weighted by Gasteiger charge is -2.03. The molecule has 0 radical (unpaired) electrons. The molecule has 0 aliphatic heterocycles. The largest absolute Gasteiger partial charge is 0.383 e. The van der Waals surface area contributed by atoms with E-state index in [0.717, 1.165) is 15.9 Å². The van der Waals surface area contributed by atoms with E-state index in [2.05, 4.69) is 26.0 Å². The van der Waals surface area contributed by atoms with E-state index in [0.29, 0.717) is 17.4 Å². The molecule has 2 aromatic rings. The van der Waals surface area contributed by atoms with Crippen LogP contribution in [0.1, 0.15) is 11.4 Å². The van der Waals surface area contributed by atoms with E-state index in [9.17, 15) is 0 Å². The van der Waals surface area contributed by atoms with Crippen LogP contribution in [-0.2, 0) is 6.54 Å². The van der Waals surface area contributed by atoms with Crippen LogP contribution in [0.2, 0.25) is 5.02 Å². The molecule has 2 heterocycles. The molecule has 0 amide bonds. The van der Waals surface area contributed by atoms with Crippen LogP contribution in [0.5, 0.6) is 0 Å². The van der Waals surface area contributed by atoms with Crippen LogP contribution in [0.25, 0.3) is 0 Å². The van der Waals surface area contributed by atoms with E-state index in [1.807, 2.05) is 19.1 Å². The number of hydrogen-bond acceptors (Lipinski definition) is 3. The summed E-state index contributed by atoms with van der Waals surface area (Å²) in [6.07, 6.45) is 1.74. The summed E-state index contributed by atoms with van der Waals surface area (Å²) in [5.41, 5.74) is 7.43. The van der Waals surface area contributed by atoms with Crippen LogP contribution >= 0.6 is 27.5 Å². The summed E-state index contributed by atoms with van der Waals surface area (Å²) in [5, 5.41) is 4.75. The Balaban J connectivity index is 2.27. The average molecular weight is 302 g/mol. The van der Waals surface area contributed by atoms with Crippen LogP contribution < -0.4 is 5.73 Å². The minimum atomic E-state index is 0.476. The van der Waals surface area contributed by atoms with Gasteiger partial charge >= 0.3 is 0 Å². The second-order valence-electron chi connectivity index (χ2n) is 3.41. The van der Waals surface area contributed by atoms with Crippen molar-refractivity contribution in [3.05, 3.63) is 39.2 Å². The molecule has 0 spiro atoms. The molecule has 0 aromatic carbocycles. The van der Waals surface area contributed by atoms with Crippen molar-refractivity contribution >= 4 is 33.3 Å². The topological polar surface area (TPSA) is 56.7 Å². The Morgan fingerprint density at radius 3 is 2.75 bits per heavy atom. The quantitative estimate of drug-likeness (QED) is 0.927. The minimum absolute atomic E-state index is 0.476. The van der Waals surface area contributed by atoms with Gasteiger partial charge in [-0.2, -0.15) is 5.10 Å². The van der Waals surface area contributed by atoms with Crippen molar-refractivity contribution in [2.75, 3.05) is 5.73 Å². The summed E-state index contributed by atoms with van der Waals surface area (Å²) >= 11 is 9.28. The molecular weight excluding hydrogens is 291 g/mol. The number of anilines is 1. The number of halogens is 2. The summed E-state index contributed by atoms with van der Waals surface area (Å²) in [4.78, 5) is 4.25. The number of hydrogen-bond donors (Lipinski definition) is 1. The molecule has 0 fully saturated rings.